The fourth-order valence-electron chi connectivity index (χ4n) is 1.54. The van der Waals surface area contributed by atoms with Crippen molar-refractivity contribution in [2.24, 2.45) is 0 Å². The number of ketones is 1. The van der Waals surface area contributed by atoms with E-state index in [0.717, 1.165) is 15.1 Å². The van der Waals surface area contributed by atoms with Gasteiger partial charge < -0.3 is 4.74 Å². The number of carbonyl (C=O) groups excluding carboxylic acids is 1. The van der Waals surface area contributed by atoms with Crippen LogP contribution in [0, 0.1) is 0 Å². The van der Waals surface area contributed by atoms with Crippen molar-refractivity contribution in [3.63, 3.8) is 0 Å². The van der Waals surface area contributed by atoms with E-state index in [1.807, 2.05) is 24.3 Å². The van der Waals surface area contributed by atoms with E-state index in [1.165, 1.54) is 11.3 Å². The molecule has 2 aromatic rings. The number of methoxy groups -OCH3 is 1. The fourth-order valence-corrected chi connectivity index (χ4v) is 3.18. The van der Waals surface area contributed by atoms with Gasteiger partial charge in [0.05, 0.1) is 20.8 Å². The number of rotatable bonds is 4. The summed E-state index contributed by atoms with van der Waals surface area (Å²) in [6.07, 6.45) is 0.348. The number of halogens is 2. The molecule has 0 aliphatic heterocycles. The normalized spacial score (nSPS) is 10.4. The van der Waals surface area contributed by atoms with Crippen LogP contribution in [0.25, 0.3) is 0 Å². The molecule has 0 bridgehead atoms. The number of hydrogen-bond donors (Lipinski definition) is 0. The average Bonchev–Trinajstić information content (AvgIpc) is 2.70. The van der Waals surface area contributed by atoms with Gasteiger partial charge in [0.25, 0.3) is 0 Å². The van der Waals surface area contributed by atoms with Crippen molar-refractivity contribution in [1.29, 1.82) is 0 Å². The zero-order valence-electron chi connectivity index (χ0n) is 9.57. The number of ether oxygens (including phenoxy) is 1. The lowest BCUT2D eigenvalue weighted by Crippen LogP contribution is -2.01. The van der Waals surface area contributed by atoms with Crippen LogP contribution < -0.4 is 4.74 Å². The third-order valence-electron chi connectivity index (χ3n) is 2.42. The number of thiophene rings is 1. The van der Waals surface area contributed by atoms with Crippen LogP contribution >= 0.6 is 38.9 Å². The molecular formula is C13H10BrClO2S. The second kappa shape index (κ2) is 5.87. The molecule has 1 aromatic carbocycles. The van der Waals surface area contributed by atoms with Crippen LogP contribution in [0.2, 0.25) is 5.02 Å². The Morgan fingerprint density at radius 2 is 2.22 bits per heavy atom. The number of carbonyl (C=O) groups is 1. The molecule has 2 nitrogen and oxygen atoms in total. The van der Waals surface area contributed by atoms with E-state index < -0.39 is 0 Å². The Labute approximate surface area is 123 Å². The highest BCUT2D eigenvalue weighted by Crippen LogP contribution is 2.32. The van der Waals surface area contributed by atoms with Gasteiger partial charge in [-0.15, -0.1) is 11.3 Å². The van der Waals surface area contributed by atoms with Crippen molar-refractivity contribution in [1.82, 2.24) is 0 Å². The van der Waals surface area contributed by atoms with E-state index in [2.05, 4.69) is 15.9 Å². The summed E-state index contributed by atoms with van der Waals surface area (Å²) in [6.45, 7) is 0. The van der Waals surface area contributed by atoms with E-state index in [0.29, 0.717) is 16.3 Å². The standard InChI is InChI=1S/C13H10BrClO2S/c1-17-9-4-2-3-8(5-9)6-11(16)12-7-10(15)13(14)18-12/h2-5,7H,6H2,1H3. The van der Waals surface area contributed by atoms with Crippen LogP contribution in [-0.4, -0.2) is 12.9 Å². The van der Waals surface area contributed by atoms with Crippen molar-refractivity contribution in [2.75, 3.05) is 7.11 Å². The summed E-state index contributed by atoms with van der Waals surface area (Å²) in [4.78, 5) is 12.7. The minimum atomic E-state index is 0.0563. The molecule has 0 fully saturated rings. The lowest BCUT2D eigenvalue weighted by Gasteiger charge is -2.02. The first-order valence-corrected chi connectivity index (χ1v) is 7.20. The fraction of sp³-hybridized carbons (Fsp3) is 0.154. The Balaban J connectivity index is 2.15. The Hall–Kier alpha value is -0.840. The molecule has 0 saturated heterocycles. The lowest BCUT2D eigenvalue weighted by atomic mass is 10.1. The second-order valence-electron chi connectivity index (χ2n) is 3.68. The zero-order chi connectivity index (χ0) is 13.1. The van der Waals surface area contributed by atoms with E-state index in [9.17, 15) is 4.79 Å². The molecule has 1 aromatic heterocycles. The van der Waals surface area contributed by atoms with Crippen LogP contribution in [0.5, 0.6) is 5.75 Å². The topological polar surface area (TPSA) is 26.3 Å². The first kappa shape index (κ1) is 13.6. The molecule has 0 aliphatic carbocycles. The Kier molecular flexibility index (Phi) is 4.43. The lowest BCUT2D eigenvalue weighted by molar-refractivity contribution is 0.0997. The van der Waals surface area contributed by atoms with Gasteiger partial charge in [0.15, 0.2) is 5.78 Å². The molecule has 5 heteroatoms. The number of benzene rings is 1. The Morgan fingerprint density at radius 3 is 2.83 bits per heavy atom. The maximum absolute atomic E-state index is 12.1. The van der Waals surface area contributed by atoms with Crippen molar-refractivity contribution < 1.29 is 9.53 Å². The van der Waals surface area contributed by atoms with E-state index >= 15 is 0 Å². The van der Waals surface area contributed by atoms with Gasteiger partial charge in [-0.25, -0.2) is 0 Å². The molecule has 0 radical (unpaired) electrons. The Morgan fingerprint density at radius 1 is 1.44 bits per heavy atom. The van der Waals surface area contributed by atoms with Gasteiger partial charge in [0, 0.05) is 6.42 Å². The van der Waals surface area contributed by atoms with Gasteiger partial charge in [0.1, 0.15) is 5.75 Å². The van der Waals surface area contributed by atoms with Crippen molar-refractivity contribution in [3.05, 3.63) is 49.6 Å². The van der Waals surface area contributed by atoms with Gasteiger partial charge in [-0.05, 0) is 39.7 Å². The van der Waals surface area contributed by atoms with Gasteiger partial charge >= 0.3 is 0 Å². The first-order chi connectivity index (χ1) is 8.60. The molecule has 0 spiro atoms. The molecule has 1 heterocycles. The molecule has 0 amide bonds. The molecule has 0 saturated carbocycles. The van der Waals surface area contributed by atoms with Crippen molar-refractivity contribution in [3.8, 4) is 5.75 Å². The predicted molar refractivity (Wildman–Crippen MR) is 78.1 cm³/mol. The number of hydrogen-bond acceptors (Lipinski definition) is 3. The zero-order valence-corrected chi connectivity index (χ0v) is 12.7. The van der Waals surface area contributed by atoms with Gasteiger partial charge in [-0.1, -0.05) is 23.7 Å². The summed E-state index contributed by atoms with van der Waals surface area (Å²) in [5.74, 6) is 0.812. The molecule has 0 N–H and O–H groups in total. The minimum Gasteiger partial charge on any atom is -0.497 e. The molecular weight excluding hydrogens is 336 g/mol. The largest absolute Gasteiger partial charge is 0.497 e. The predicted octanol–water partition coefficient (Wildman–Crippen LogP) is 4.60. The average molecular weight is 346 g/mol. The monoisotopic (exact) mass is 344 g/mol. The first-order valence-electron chi connectivity index (χ1n) is 5.21. The third-order valence-corrected chi connectivity index (χ3v) is 4.93. The van der Waals surface area contributed by atoms with Crippen LogP contribution in [0.15, 0.2) is 34.1 Å². The highest BCUT2D eigenvalue weighted by atomic mass is 79.9. The van der Waals surface area contributed by atoms with Crippen LogP contribution in [0.3, 0.4) is 0 Å². The van der Waals surface area contributed by atoms with E-state index in [-0.39, 0.29) is 5.78 Å². The quantitative estimate of drug-likeness (QED) is 0.757. The van der Waals surface area contributed by atoms with Gasteiger partial charge in [0.2, 0.25) is 0 Å². The molecule has 94 valence electrons. The maximum Gasteiger partial charge on any atom is 0.177 e. The number of Topliss-reactive ketones (excluding diaryl/α,β-unsaturated/α-hetero) is 1. The summed E-state index contributed by atoms with van der Waals surface area (Å²) < 4.78 is 5.92. The molecule has 0 unspecified atom stereocenters. The molecule has 0 atom stereocenters. The van der Waals surface area contributed by atoms with Gasteiger partial charge in [-0.3, -0.25) is 4.79 Å². The molecule has 2 rings (SSSR count). The minimum absolute atomic E-state index is 0.0563. The van der Waals surface area contributed by atoms with Crippen LogP contribution in [0.4, 0.5) is 0 Å². The third kappa shape index (κ3) is 3.13. The van der Waals surface area contributed by atoms with Crippen molar-refractivity contribution in [2.45, 2.75) is 6.42 Å². The second-order valence-corrected chi connectivity index (χ2v) is 6.46. The van der Waals surface area contributed by atoms with Crippen molar-refractivity contribution >= 4 is 44.7 Å². The summed E-state index contributed by atoms with van der Waals surface area (Å²) >= 11 is 10.6. The maximum atomic E-state index is 12.1. The van der Waals surface area contributed by atoms with E-state index in [4.69, 9.17) is 16.3 Å². The summed E-state index contributed by atoms with van der Waals surface area (Å²) in [6, 6.07) is 9.19. The summed E-state index contributed by atoms with van der Waals surface area (Å²) in [7, 11) is 1.61. The Bertz CT molecular complexity index is 561. The summed E-state index contributed by atoms with van der Waals surface area (Å²) in [5, 5.41) is 0.578. The smallest absolute Gasteiger partial charge is 0.177 e. The molecule has 18 heavy (non-hydrogen) atoms. The highest BCUT2D eigenvalue weighted by molar-refractivity contribution is 9.11. The molecule has 0 aliphatic rings. The van der Waals surface area contributed by atoms with Gasteiger partial charge in [-0.2, -0.15) is 0 Å². The van der Waals surface area contributed by atoms with Crippen LogP contribution in [0.1, 0.15) is 15.2 Å². The highest BCUT2D eigenvalue weighted by Gasteiger charge is 2.13. The SMILES string of the molecule is COc1cccc(CC(=O)c2cc(Cl)c(Br)s2)c1. The summed E-state index contributed by atoms with van der Waals surface area (Å²) in [5.41, 5.74) is 0.931. The van der Waals surface area contributed by atoms with Crippen LogP contribution in [-0.2, 0) is 6.42 Å². The van der Waals surface area contributed by atoms with E-state index in [1.54, 1.807) is 13.2 Å².